The van der Waals surface area contributed by atoms with E-state index in [0.29, 0.717) is 5.56 Å². The fourth-order valence-corrected chi connectivity index (χ4v) is 2.53. The zero-order valence-electron chi connectivity index (χ0n) is 11.2. The molecule has 0 aliphatic rings. The standard InChI is InChI=1S/C12H14N2O5S/c1-18-9-6-8(7-10(19-2)11(9)15)12-13-4-5-14(12)20(3,16)17/h4-7,15H,1-3H3. The maximum Gasteiger partial charge on any atom is 0.237 e. The molecule has 2 rings (SSSR count). The van der Waals surface area contributed by atoms with Gasteiger partial charge in [0, 0.05) is 18.0 Å². The number of rotatable bonds is 4. The zero-order chi connectivity index (χ0) is 14.9. The summed E-state index contributed by atoms with van der Waals surface area (Å²) in [6, 6.07) is 2.98. The maximum absolute atomic E-state index is 11.7. The van der Waals surface area contributed by atoms with E-state index in [2.05, 4.69) is 4.98 Å². The third-order valence-corrected chi connectivity index (χ3v) is 3.71. The van der Waals surface area contributed by atoms with Crippen molar-refractivity contribution in [2.45, 2.75) is 0 Å². The minimum Gasteiger partial charge on any atom is -0.502 e. The van der Waals surface area contributed by atoms with Gasteiger partial charge < -0.3 is 14.6 Å². The Labute approximate surface area is 116 Å². The molecule has 108 valence electrons. The highest BCUT2D eigenvalue weighted by atomic mass is 32.2. The smallest absolute Gasteiger partial charge is 0.237 e. The van der Waals surface area contributed by atoms with Gasteiger partial charge in [0.25, 0.3) is 0 Å². The fourth-order valence-electron chi connectivity index (χ4n) is 1.78. The summed E-state index contributed by atoms with van der Waals surface area (Å²) >= 11 is 0. The number of methoxy groups -OCH3 is 2. The molecular formula is C12H14N2O5S. The van der Waals surface area contributed by atoms with Gasteiger partial charge in [0.15, 0.2) is 17.3 Å². The van der Waals surface area contributed by atoms with Crippen LogP contribution in [-0.4, -0.2) is 43.0 Å². The summed E-state index contributed by atoms with van der Waals surface area (Å²) in [7, 11) is -0.697. The van der Waals surface area contributed by atoms with E-state index in [0.717, 1.165) is 10.2 Å². The van der Waals surface area contributed by atoms with E-state index in [4.69, 9.17) is 9.47 Å². The van der Waals surface area contributed by atoms with Gasteiger partial charge in [-0.25, -0.2) is 17.4 Å². The Bertz CT molecular complexity index is 711. The summed E-state index contributed by atoms with van der Waals surface area (Å²) in [6.07, 6.45) is 3.80. The fraction of sp³-hybridized carbons (Fsp3) is 0.250. The number of benzene rings is 1. The van der Waals surface area contributed by atoms with Crippen molar-refractivity contribution in [1.29, 1.82) is 0 Å². The predicted octanol–water partition coefficient (Wildman–Crippen LogP) is 1.08. The molecule has 0 amide bonds. The summed E-state index contributed by atoms with van der Waals surface area (Å²) in [5.74, 6) is 0.394. The molecule has 1 N–H and O–H groups in total. The number of imidazole rings is 1. The Kier molecular flexibility index (Phi) is 3.58. The number of phenolic OH excluding ortho intramolecular Hbond substituents is 1. The second-order valence-corrected chi connectivity index (χ2v) is 5.90. The van der Waals surface area contributed by atoms with E-state index in [9.17, 15) is 13.5 Å². The molecule has 0 atom stereocenters. The Morgan fingerprint density at radius 3 is 2.20 bits per heavy atom. The van der Waals surface area contributed by atoms with Crippen LogP contribution in [0.3, 0.4) is 0 Å². The summed E-state index contributed by atoms with van der Waals surface area (Å²) in [4.78, 5) is 4.02. The van der Waals surface area contributed by atoms with E-state index in [1.807, 2.05) is 0 Å². The second-order valence-electron chi connectivity index (χ2n) is 4.04. The van der Waals surface area contributed by atoms with Gasteiger partial charge in [-0.15, -0.1) is 0 Å². The molecule has 0 spiro atoms. The van der Waals surface area contributed by atoms with Gasteiger partial charge >= 0.3 is 0 Å². The molecule has 0 fully saturated rings. The lowest BCUT2D eigenvalue weighted by molar-refractivity contribution is 0.340. The summed E-state index contributed by atoms with van der Waals surface area (Å²) in [5.41, 5.74) is 0.451. The van der Waals surface area contributed by atoms with Crippen molar-refractivity contribution in [2.24, 2.45) is 0 Å². The van der Waals surface area contributed by atoms with Gasteiger partial charge in [0.05, 0.1) is 20.5 Å². The third kappa shape index (κ3) is 2.42. The third-order valence-electron chi connectivity index (χ3n) is 2.70. The van der Waals surface area contributed by atoms with E-state index < -0.39 is 10.0 Å². The van der Waals surface area contributed by atoms with Gasteiger partial charge in [0.2, 0.25) is 15.8 Å². The van der Waals surface area contributed by atoms with Crippen molar-refractivity contribution in [2.75, 3.05) is 20.5 Å². The molecule has 0 saturated heterocycles. The second kappa shape index (κ2) is 5.04. The summed E-state index contributed by atoms with van der Waals surface area (Å²) < 4.78 is 34.5. The highest BCUT2D eigenvalue weighted by molar-refractivity contribution is 7.89. The van der Waals surface area contributed by atoms with Crippen LogP contribution in [0.5, 0.6) is 17.2 Å². The number of hydrogen-bond acceptors (Lipinski definition) is 6. The number of aromatic hydroxyl groups is 1. The van der Waals surface area contributed by atoms with Gasteiger partial charge in [-0.3, -0.25) is 0 Å². The molecular weight excluding hydrogens is 284 g/mol. The molecule has 7 nitrogen and oxygen atoms in total. The van der Waals surface area contributed by atoms with E-state index in [1.165, 1.54) is 38.7 Å². The zero-order valence-corrected chi connectivity index (χ0v) is 12.0. The number of hydrogen-bond donors (Lipinski definition) is 1. The topological polar surface area (TPSA) is 90.7 Å². The molecule has 20 heavy (non-hydrogen) atoms. The first-order valence-electron chi connectivity index (χ1n) is 5.57. The molecule has 2 aromatic rings. The monoisotopic (exact) mass is 298 g/mol. The van der Waals surface area contributed by atoms with Crippen LogP contribution >= 0.6 is 0 Å². The van der Waals surface area contributed by atoms with E-state index in [1.54, 1.807) is 0 Å². The van der Waals surface area contributed by atoms with Crippen molar-refractivity contribution in [3.63, 3.8) is 0 Å². The maximum atomic E-state index is 11.7. The number of ether oxygens (including phenoxy) is 2. The van der Waals surface area contributed by atoms with Crippen LogP contribution in [0.4, 0.5) is 0 Å². The lowest BCUT2D eigenvalue weighted by atomic mass is 10.1. The lowest BCUT2D eigenvalue weighted by Crippen LogP contribution is -2.10. The Morgan fingerprint density at radius 2 is 1.75 bits per heavy atom. The van der Waals surface area contributed by atoms with Crippen molar-refractivity contribution in [3.05, 3.63) is 24.5 Å². The van der Waals surface area contributed by atoms with Gasteiger partial charge in [-0.05, 0) is 12.1 Å². The Hall–Kier alpha value is -2.22. The van der Waals surface area contributed by atoms with Crippen molar-refractivity contribution >= 4 is 10.0 Å². The van der Waals surface area contributed by atoms with Crippen LogP contribution in [0.1, 0.15) is 0 Å². The quantitative estimate of drug-likeness (QED) is 0.908. The van der Waals surface area contributed by atoms with Crippen molar-refractivity contribution in [1.82, 2.24) is 8.96 Å². The van der Waals surface area contributed by atoms with E-state index in [-0.39, 0.29) is 23.1 Å². The molecule has 0 aliphatic heterocycles. The largest absolute Gasteiger partial charge is 0.502 e. The molecule has 0 radical (unpaired) electrons. The summed E-state index contributed by atoms with van der Waals surface area (Å²) in [6.45, 7) is 0. The van der Waals surface area contributed by atoms with Gasteiger partial charge in [-0.1, -0.05) is 0 Å². The average Bonchev–Trinajstić information content (AvgIpc) is 2.88. The minimum atomic E-state index is -3.48. The van der Waals surface area contributed by atoms with Crippen LogP contribution in [0.25, 0.3) is 11.4 Å². The molecule has 1 heterocycles. The highest BCUT2D eigenvalue weighted by Gasteiger charge is 2.18. The Balaban J connectivity index is 2.68. The first-order chi connectivity index (χ1) is 9.38. The van der Waals surface area contributed by atoms with Crippen LogP contribution in [0, 0.1) is 0 Å². The normalized spacial score (nSPS) is 11.3. The molecule has 0 aliphatic carbocycles. The number of nitrogens with zero attached hydrogens (tertiary/aromatic N) is 2. The number of phenols is 1. The lowest BCUT2D eigenvalue weighted by Gasteiger charge is -2.11. The van der Waals surface area contributed by atoms with Gasteiger partial charge in [0.1, 0.15) is 0 Å². The van der Waals surface area contributed by atoms with Crippen LogP contribution in [0.15, 0.2) is 24.5 Å². The first kappa shape index (κ1) is 14.2. The molecule has 0 bridgehead atoms. The van der Waals surface area contributed by atoms with Crippen LogP contribution < -0.4 is 9.47 Å². The first-order valence-corrected chi connectivity index (χ1v) is 7.42. The minimum absolute atomic E-state index is 0.156. The highest BCUT2D eigenvalue weighted by Crippen LogP contribution is 2.39. The predicted molar refractivity (Wildman–Crippen MR) is 72.7 cm³/mol. The molecule has 1 aromatic heterocycles. The average molecular weight is 298 g/mol. The Morgan fingerprint density at radius 1 is 1.20 bits per heavy atom. The molecule has 0 saturated carbocycles. The van der Waals surface area contributed by atoms with E-state index >= 15 is 0 Å². The molecule has 1 aromatic carbocycles. The molecule has 8 heteroatoms. The number of aromatic nitrogens is 2. The van der Waals surface area contributed by atoms with Crippen molar-refractivity contribution < 1.29 is 23.0 Å². The SMILES string of the molecule is COc1cc(-c2nccn2S(C)(=O)=O)cc(OC)c1O. The van der Waals surface area contributed by atoms with Crippen LogP contribution in [0.2, 0.25) is 0 Å². The molecule has 0 unspecified atom stereocenters. The van der Waals surface area contributed by atoms with Crippen molar-refractivity contribution in [3.8, 4) is 28.6 Å². The van der Waals surface area contributed by atoms with Crippen LogP contribution in [-0.2, 0) is 10.0 Å². The summed E-state index contributed by atoms with van der Waals surface area (Å²) in [5, 5.41) is 9.84. The van der Waals surface area contributed by atoms with Gasteiger partial charge in [-0.2, -0.15) is 0 Å².